The maximum atomic E-state index is 13.8. The van der Waals surface area contributed by atoms with Crippen LogP contribution in [-0.2, 0) is 33.6 Å². The minimum Gasteiger partial charge on any atom is -0.508 e. The van der Waals surface area contributed by atoms with Gasteiger partial charge < -0.3 is 41.7 Å². The molecule has 368 valence electrons. The van der Waals surface area contributed by atoms with Crippen molar-refractivity contribution >= 4 is 41.2 Å². The summed E-state index contributed by atoms with van der Waals surface area (Å²) in [6, 6.07) is -3.59. The molecule has 0 aromatic carbocycles. The van der Waals surface area contributed by atoms with Crippen LogP contribution in [0.2, 0.25) is 0 Å². The van der Waals surface area contributed by atoms with Crippen molar-refractivity contribution in [3.05, 3.63) is 46.8 Å². The molecule has 3 aliphatic rings. The number of carboxylic acid groups (broad SMARTS) is 1. The fourth-order valence-electron chi connectivity index (χ4n) is 8.28. The van der Waals surface area contributed by atoms with Crippen LogP contribution >= 0.6 is 0 Å². The summed E-state index contributed by atoms with van der Waals surface area (Å²) in [4.78, 5) is 90.6. The second-order valence-electron chi connectivity index (χ2n) is 17.7. The zero-order valence-electron chi connectivity index (χ0n) is 37.8. The van der Waals surface area contributed by atoms with Crippen molar-refractivity contribution in [2.24, 2.45) is 17.8 Å². The summed E-state index contributed by atoms with van der Waals surface area (Å²) in [7, 11) is 0. The lowest BCUT2D eigenvalue weighted by Gasteiger charge is -2.32. The second-order valence-corrected chi connectivity index (χ2v) is 17.7. The number of allylic oxidation sites excluding steroid dienone is 2. The summed E-state index contributed by atoms with van der Waals surface area (Å²) in [6.45, 7) is 4.90. The zero-order valence-corrected chi connectivity index (χ0v) is 37.8. The molecule has 2 unspecified atom stereocenters. The Kier molecular flexibility index (Phi) is 28.1. The van der Waals surface area contributed by atoms with E-state index in [1.54, 1.807) is 25.2 Å². The lowest BCUT2D eigenvalue weighted by Crippen LogP contribution is -2.49. The molecular formula is C50H82N4O11. The number of carboxylic acids is 1. The molecule has 7 atom stereocenters. The highest BCUT2D eigenvalue weighted by Gasteiger charge is 2.36. The number of carbonyl (C=O) groups excluding carboxylic acids is 6. The standard InChI is InChI=1S/C48H74N4O11.2CH4/c1-4-5-6-7-8-9-10-11-12-13-14-15-16-17-43(58)50-38(30-53)47(61)49-25-24-31(2)39(54)22-23-44(59)52-45-34-19-21-41(56)36(29-34)35-27-33(18-20-40(35)55)28-37(48(62)63)51-46(60)32(3)26-42(45)57;;/h18-19,21,27,31-32,34,37-38,40,45,53,55-56H,4-17,20,22-26,28-30H2,1-3H3,(H,49,61)(H,50,58)(H,51,60)(H,52,59)(H,62,63);2*1H4/t31?,32-,34+,37+,38-,40?,45+;;/m1../s1. The molecule has 0 saturated heterocycles. The van der Waals surface area contributed by atoms with Gasteiger partial charge in [0, 0.05) is 62.0 Å². The fraction of sp³-hybridized carbons (Fsp3) is 0.700. The lowest BCUT2D eigenvalue weighted by molar-refractivity contribution is -0.142. The van der Waals surface area contributed by atoms with E-state index in [1.807, 2.05) is 0 Å². The van der Waals surface area contributed by atoms with Crippen molar-refractivity contribution in [1.29, 1.82) is 0 Å². The van der Waals surface area contributed by atoms with E-state index < -0.39 is 78.1 Å². The van der Waals surface area contributed by atoms with Gasteiger partial charge in [-0.15, -0.1) is 0 Å². The second kappa shape index (κ2) is 31.3. The van der Waals surface area contributed by atoms with Crippen molar-refractivity contribution in [3.63, 3.8) is 0 Å². The van der Waals surface area contributed by atoms with Crippen LogP contribution in [0.3, 0.4) is 0 Å². The molecule has 8 N–H and O–H groups in total. The minimum atomic E-state index is -1.31. The van der Waals surface area contributed by atoms with Gasteiger partial charge in [0.2, 0.25) is 23.6 Å². The number of aliphatic hydroxyl groups is 3. The Morgan fingerprint density at radius 1 is 0.846 bits per heavy atom. The number of aliphatic hydroxyl groups excluding tert-OH is 3. The molecule has 3 rings (SSSR count). The fourth-order valence-corrected chi connectivity index (χ4v) is 8.28. The maximum Gasteiger partial charge on any atom is 0.326 e. The Hall–Kier alpha value is -4.63. The summed E-state index contributed by atoms with van der Waals surface area (Å²) in [5, 5.41) is 51.9. The Bertz CT molecular complexity index is 1700. The molecule has 0 fully saturated rings. The third kappa shape index (κ3) is 20.6. The van der Waals surface area contributed by atoms with Gasteiger partial charge in [-0.25, -0.2) is 4.79 Å². The van der Waals surface area contributed by atoms with Gasteiger partial charge in [0.25, 0.3) is 0 Å². The maximum absolute atomic E-state index is 13.8. The van der Waals surface area contributed by atoms with Crippen LogP contribution in [0.25, 0.3) is 0 Å². The molecular weight excluding hydrogens is 833 g/mol. The van der Waals surface area contributed by atoms with Crippen molar-refractivity contribution in [2.45, 2.75) is 195 Å². The summed E-state index contributed by atoms with van der Waals surface area (Å²) < 4.78 is 0. The number of carbonyl (C=O) groups is 7. The SMILES string of the molecule is C.C.CCCCCCCCCCCCCCCC(=O)N[C@H](CO)C(=O)NCCC(C)C(=O)CCC(=O)N[C@@H]1C(=O)C[C@@H](C)C(=O)N[C@H](C(=O)O)CC2=CCC(O)C(=C2)C2=C(O)C=C[C@H]1C2. The van der Waals surface area contributed by atoms with Gasteiger partial charge in [-0.3, -0.25) is 28.8 Å². The number of amides is 4. The molecule has 15 heteroatoms. The number of unbranched alkanes of at least 4 members (excludes halogenated alkanes) is 12. The number of hydrogen-bond donors (Lipinski definition) is 8. The first kappa shape index (κ1) is 58.4. The van der Waals surface area contributed by atoms with Gasteiger partial charge >= 0.3 is 5.97 Å². The molecule has 4 amide bonds. The third-order valence-corrected chi connectivity index (χ3v) is 12.4. The number of rotatable bonds is 26. The largest absolute Gasteiger partial charge is 0.508 e. The highest BCUT2D eigenvalue weighted by atomic mass is 16.4. The van der Waals surface area contributed by atoms with Crippen molar-refractivity contribution in [2.75, 3.05) is 13.2 Å². The van der Waals surface area contributed by atoms with Crippen molar-refractivity contribution in [1.82, 2.24) is 21.3 Å². The van der Waals surface area contributed by atoms with Crippen LogP contribution < -0.4 is 21.3 Å². The predicted octanol–water partition coefficient (Wildman–Crippen LogP) is 6.77. The molecule has 0 spiro atoms. The Morgan fingerprint density at radius 3 is 2.06 bits per heavy atom. The molecule has 0 aromatic rings. The highest BCUT2D eigenvalue weighted by Crippen LogP contribution is 2.36. The number of hydrogen-bond acceptors (Lipinski definition) is 10. The first-order valence-electron chi connectivity index (χ1n) is 23.4. The lowest BCUT2D eigenvalue weighted by atomic mass is 9.78. The minimum absolute atomic E-state index is 0. The van der Waals surface area contributed by atoms with E-state index in [0.717, 1.165) is 19.3 Å². The average Bonchev–Trinajstić information content (AvgIpc) is 3.25. The van der Waals surface area contributed by atoms with Gasteiger partial charge in [0.15, 0.2) is 5.78 Å². The Labute approximate surface area is 387 Å². The van der Waals surface area contributed by atoms with E-state index in [-0.39, 0.29) is 90.2 Å². The van der Waals surface area contributed by atoms with Crippen LogP contribution in [0.4, 0.5) is 0 Å². The van der Waals surface area contributed by atoms with E-state index >= 15 is 0 Å². The Morgan fingerprint density at radius 2 is 1.46 bits per heavy atom. The summed E-state index contributed by atoms with van der Waals surface area (Å²) in [5.74, 6) is -6.45. The van der Waals surface area contributed by atoms with E-state index in [0.29, 0.717) is 23.1 Å². The quantitative estimate of drug-likeness (QED) is 0.0421. The van der Waals surface area contributed by atoms with E-state index in [1.165, 1.54) is 70.8 Å². The molecule has 1 heterocycles. The monoisotopic (exact) mass is 915 g/mol. The molecule has 4 bridgehead atoms. The van der Waals surface area contributed by atoms with Gasteiger partial charge in [0.05, 0.1) is 18.8 Å². The van der Waals surface area contributed by atoms with Crippen molar-refractivity contribution in [3.8, 4) is 0 Å². The third-order valence-electron chi connectivity index (χ3n) is 12.4. The average molecular weight is 915 g/mol. The van der Waals surface area contributed by atoms with Crippen LogP contribution in [0.15, 0.2) is 46.8 Å². The van der Waals surface area contributed by atoms with Gasteiger partial charge in [0.1, 0.15) is 23.6 Å². The van der Waals surface area contributed by atoms with Crippen LogP contribution in [0.1, 0.15) is 170 Å². The molecule has 0 aromatic heterocycles. The van der Waals surface area contributed by atoms with Gasteiger partial charge in [-0.2, -0.15) is 0 Å². The van der Waals surface area contributed by atoms with Crippen LogP contribution in [0.5, 0.6) is 0 Å². The zero-order chi connectivity index (χ0) is 46.3. The molecule has 65 heavy (non-hydrogen) atoms. The molecule has 0 saturated carbocycles. The number of Topliss-reactive ketones (excluding diaryl/α,β-unsaturated/α-hetero) is 2. The number of fused-ring (bicyclic) bond motifs is 4. The summed E-state index contributed by atoms with van der Waals surface area (Å²) in [6.07, 6.45) is 20.6. The van der Waals surface area contributed by atoms with E-state index in [2.05, 4.69) is 28.2 Å². The van der Waals surface area contributed by atoms with Crippen LogP contribution in [-0.4, -0.2) is 99.0 Å². The van der Waals surface area contributed by atoms with Gasteiger partial charge in [-0.1, -0.05) is 131 Å². The summed E-state index contributed by atoms with van der Waals surface area (Å²) >= 11 is 0. The first-order valence-corrected chi connectivity index (χ1v) is 23.4. The van der Waals surface area contributed by atoms with Gasteiger partial charge in [-0.05, 0) is 42.9 Å². The number of aliphatic carboxylic acids is 1. The molecule has 1 aliphatic heterocycles. The molecule has 0 radical (unpaired) electrons. The highest BCUT2D eigenvalue weighted by molar-refractivity contribution is 5.94. The number of nitrogens with one attached hydrogen (secondary N) is 4. The number of ketones is 2. The molecule has 2 aliphatic carbocycles. The van der Waals surface area contributed by atoms with Crippen LogP contribution in [0, 0.1) is 17.8 Å². The topological polar surface area (TPSA) is 249 Å². The smallest absolute Gasteiger partial charge is 0.326 e. The molecule has 15 nitrogen and oxygen atoms in total. The van der Waals surface area contributed by atoms with E-state index in [9.17, 15) is 54.0 Å². The van der Waals surface area contributed by atoms with E-state index in [4.69, 9.17) is 0 Å². The normalized spacial score (nSPS) is 21.8. The predicted molar refractivity (Wildman–Crippen MR) is 252 cm³/mol. The first-order chi connectivity index (χ1) is 30.1. The van der Waals surface area contributed by atoms with Crippen molar-refractivity contribution < 1.29 is 54.0 Å². The Balaban J connectivity index is 0.0000106. The summed E-state index contributed by atoms with van der Waals surface area (Å²) in [5.41, 5.74) is 1.25.